The Bertz CT molecular complexity index is 1260. The first-order valence-electron chi connectivity index (χ1n) is 13.0. The third-order valence-electron chi connectivity index (χ3n) is 6.62. The summed E-state index contributed by atoms with van der Waals surface area (Å²) < 4.78 is 11.7. The van der Waals surface area contributed by atoms with Gasteiger partial charge in [-0.3, -0.25) is 4.79 Å². The van der Waals surface area contributed by atoms with Crippen LogP contribution in [0.4, 0.5) is 5.69 Å². The van der Waals surface area contributed by atoms with Gasteiger partial charge < -0.3 is 30.1 Å². The molecule has 9 heteroatoms. The number of benzene rings is 3. The van der Waals surface area contributed by atoms with Crippen LogP contribution >= 0.6 is 23.4 Å². The maximum atomic E-state index is 11.9. The van der Waals surface area contributed by atoms with E-state index in [1.807, 2.05) is 61.5 Å². The Hall–Kier alpha value is -2.59. The Balaban J connectivity index is 1.50. The summed E-state index contributed by atoms with van der Waals surface area (Å²) in [6, 6.07) is 20.6. The molecular formula is C30H34ClNO6S. The number of aliphatic hydroxyl groups excluding tert-OH is 3. The molecule has 0 bridgehead atoms. The summed E-state index contributed by atoms with van der Waals surface area (Å²) in [7, 11) is 0. The van der Waals surface area contributed by atoms with Crippen LogP contribution < -0.4 is 10.1 Å². The lowest BCUT2D eigenvalue weighted by Crippen LogP contribution is -2.54. The van der Waals surface area contributed by atoms with Gasteiger partial charge in [-0.05, 0) is 60.4 Å². The number of nitrogens with one attached hydrogen (secondary N) is 1. The molecule has 3 aromatic carbocycles. The second-order valence-corrected chi connectivity index (χ2v) is 10.8. The molecule has 5 atom stereocenters. The third-order valence-corrected chi connectivity index (χ3v) is 8.16. The highest BCUT2D eigenvalue weighted by molar-refractivity contribution is 7.99. The molecule has 39 heavy (non-hydrogen) atoms. The van der Waals surface area contributed by atoms with Gasteiger partial charge in [-0.15, -0.1) is 11.8 Å². The Morgan fingerprint density at radius 2 is 1.74 bits per heavy atom. The van der Waals surface area contributed by atoms with Crippen LogP contribution in [0.1, 0.15) is 43.1 Å². The number of hydrogen-bond acceptors (Lipinski definition) is 7. The number of rotatable bonds is 10. The van der Waals surface area contributed by atoms with Gasteiger partial charge in [0, 0.05) is 22.1 Å². The first kappa shape index (κ1) is 29.4. The molecule has 1 saturated heterocycles. The topological polar surface area (TPSA) is 108 Å². The molecule has 1 amide bonds. The smallest absolute Gasteiger partial charge is 0.224 e. The van der Waals surface area contributed by atoms with Crippen LogP contribution in [0.2, 0.25) is 5.02 Å². The molecule has 7 nitrogen and oxygen atoms in total. The maximum Gasteiger partial charge on any atom is 0.224 e. The highest BCUT2D eigenvalue weighted by Crippen LogP contribution is 2.37. The molecule has 0 unspecified atom stereocenters. The average Bonchev–Trinajstić information content (AvgIpc) is 2.94. The number of ether oxygens (including phenoxy) is 2. The van der Waals surface area contributed by atoms with Crippen molar-refractivity contribution >= 4 is 35.0 Å². The number of amides is 1. The van der Waals surface area contributed by atoms with Gasteiger partial charge in [0.15, 0.2) is 0 Å². The molecule has 1 aliphatic heterocycles. The number of thioether (sulfide) groups is 1. The van der Waals surface area contributed by atoms with Crippen LogP contribution in [0.15, 0.2) is 71.6 Å². The van der Waals surface area contributed by atoms with E-state index in [4.69, 9.17) is 21.1 Å². The predicted octanol–water partition coefficient (Wildman–Crippen LogP) is 4.99. The van der Waals surface area contributed by atoms with Crippen molar-refractivity contribution in [3.8, 4) is 5.75 Å². The Morgan fingerprint density at radius 1 is 1.00 bits per heavy atom. The van der Waals surface area contributed by atoms with E-state index in [-0.39, 0.29) is 5.91 Å². The minimum absolute atomic E-state index is 0.0978. The third kappa shape index (κ3) is 7.33. The maximum absolute atomic E-state index is 11.9. The molecule has 4 N–H and O–H groups in total. The summed E-state index contributed by atoms with van der Waals surface area (Å²) in [5.41, 5.74) is 3.22. The van der Waals surface area contributed by atoms with Gasteiger partial charge in [-0.1, -0.05) is 54.9 Å². The van der Waals surface area contributed by atoms with Gasteiger partial charge in [-0.2, -0.15) is 0 Å². The Morgan fingerprint density at radius 3 is 2.46 bits per heavy atom. The van der Waals surface area contributed by atoms with Crippen LogP contribution in [0.25, 0.3) is 0 Å². The number of halogens is 1. The molecule has 0 spiro atoms. The van der Waals surface area contributed by atoms with E-state index in [9.17, 15) is 20.1 Å². The van der Waals surface area contributed by atoms with Gasteiger partial charge in [0.25, 0.3) is 0 Å². The van der Waals surface area contributed by atoms with Crippen LogP contribution in [0, 0.1) is 0 Å². The molecule has 1 fully saturated rings. The van der Waals surface area contributed by atoms with Crippen LogP contribution in [-0.2, 0) is 16.0 Å². The lowest BCUT2D eigenvalue weighted by atomic mass is 9.90. The second-order valence-electron chi connectivity index (χ2n) is 9.38. The minimum Gasteiger partial charge on any atom is -0.494 e. The van der Waals surface area contributed by atoms with E-state index < -0.39 is 30.5 Å². The van der Waals surface area contributed by atoms with Crippen molar-refractivity contribution in [1.29, 1.82) is 0 Å². The molecular weight excluding hydrogens is 538 g/mol. The van der Waals surface area contributed by atoms with E-state index in [2.05, 4.69) is 5.32 Å². The molecule has 1 heterocycles. The number of para-hydroxylation sites is 1. The molecule has 0 saturated carbocycles. The van der Waals surface area contributed by atoms with E-state index in [0.29, 0.717) is 41.5 Å². The number of carbonyl (C=O) groups is 1. The molecule has 1 aliphatic rings. The fourth-order valence-electron chi connectivity index (χ4n) is 4.47. The molecule has 4 rings (SSSR count). The normalized spacial score (nSPS) is 22.9. The largest absolute Gasteiger partial charge is 0.494 e. The van der Waals surface area contributed by atoms with Crippen LogP contribution in [-0.4, -0.2) is 58.0 Å². The van der Waals surface area contributed by atoms with Crippen LogP contribution in [0.5, 0.6) is 5.75 Å². The monoisotopic (exact) mass is 571 g/mol. The molecule has 3 aromatic rings. The lowest BCUT2D eigenvalue weighted by Gasteiger charge is -2.41. The van der Waals surface area contributed by atoms with Gasteiger partial charge in [-0.25, -0.2) is 0 Å². The van der Waals surface area contributed by atoms with Crippen molar-refractivity contribution in [2.24, 2.45) is 0 Å². The zero-order valence-corrected chi connectivity index (χ0v) is 23.5. The fourth-order valence-corrected chi connectivity index (χ4v) is 5.72. The van der Waals surface area contributed by atoms with E-state index >= 15 is 0 Å². The summed E-state index contributed by atoms with van der Waals surface area (Å²) >= 11 is 7.91. The lowest BCUT2D eigenvalue weighted by molar-refractivity contribution is -0.218. The van der Waals surface area contributed by atoms with Crippen LogP contribution in [0.3, 0.4) is 0 Å². The van der Waals surface area contributed by atoms with Crippen molar-refractivity contribution in [3.63, 3.8) is 0 Å². The van der Waals surface area contributed by atoms with Crippen molar-refractivity contribution in [2.45, 2.75) is 62.1 Å². The average molecular weight is 572 g/mol. The summed E-state index contributed by atoms with van der Waals surface area (Å²) in [6.07, 6.45) is -4.70. The first-order valence-corrected chi connectivity index (χ1v) is 14.4. The number of aliphatic hydroxyl groups is 3. The summed E-state index contributed by atoms with van der Waals surface area (Å²) in [5.74, 6) is 0.999. The van der Waals surface area contributed by atoms with Crippen molar-refractivity contribution < 1.29 is 29.6 Å². The zero-order valence-electron chi connectivity index (χ0n) is 21.9. The number of anilines is 1. The predicted molar refractivity (Wildman–Crippen MR) is 154 cm³/mol. The van der Waals surface area contributed by atoms with Crippen molar-refractivity contribution in [3.05, 3.63) is 88.4 Å². The quantitative estimate of drug-likeness (QED) is 0.254. The minimum atomic E-state index is -1.39. The SMILES string of the molecule is CCOc1ccc(Cc2cc([C@@H]3O[C@H](CSc4ccccc4NC(=O)CC)[C@@H](O)[C@H](O)[C@H]3O)ccc2Cl)cc1. The van der Waals surface area contributed by atoms with Crippen molar-refractivity contribution in [2.75, 3.05) is 17.7 Å². The second kappa shape index (κ2) is 13.7. The zero-order chi connectivity index (χ0) is 27.9. The first-order chi connectivity index (χ1) is 18.8. The highest BCUT2D eigenvalue weighted by Gasteiger charge is 2.44. The molecule has 208 valence electrons. The summed E-state index contributed by atoms with van der Waals surface area (Å²) in [6.45, 7) is 4.31. The van der Waals surface area contributed by atoms with E-state index in [1.165, 1.54) is 11.8 Å². The molecule has 0 aromatic heterocycles. The van der Waals surface area contributed by atoms with Crippen molar-refractivity contribution in [1.82, 2.24) is 0 Å². The van der Waals surface area contributed by atoms with Gasteiger partial charge in [0.1, 0.15) is 30.2 Å². The number of carbonyl (C=O) groups excluding carboxylic acids is 1. The number of hydrogen-bond donors (Lipinski definition) is 4. The highest BCUT2D eigenvalue weighted by atomic mass is 35.5. The fraction of sp³-hybridized carbons (Fsp3) is 0.367. The standard InChI is InChI=1S/C30H34ClNO6S/c1-3-26(33)32-23-7-5-6-8-25(23)39-17-24-27(34)28(35)29(36)30(38-24)19-11-14-22(31)20(16-19)15-18-9-12-21(13-10-18)37-4-2/h5-14,16,24,27-30,34-36H,3-4,15,17H2,1-2H3,(H,32,33)/t24-,27-,28+,29-,30+/m1/s1. The Labute approximate surface area is 238 Å². The Kier molecular flexibility index (Phi) is 10.3. The van der Waals surface area contributed by atoms with E-state index in [0.717, 1.165) is 21.8 Å². The summed E-state index contributed by atoms with van der Waals surface area (Å²) in [5, 5.41) is 35.7. The van der Waals surface area contributed by atoms with Gasteiger partial charge in [0.05, 0.1) is 18.4 Å². The summed E-state index contributed by atoms with van der Waals surface area (Å²) in [4.78, 5) is 12.7. The molecule has 0 radical (unpaired) electrons. The molecule has 0 aliphatic carbocycles. The van der Waals surface area contributed by atoms with E-state index in [1.54, 1.807) is 19.1 Å². The van der Waals surface area contributed by atoms with Gasteiger partial charge >= 0.3 is 0 Å². The van der Waals surface area contributed by atoms with Gasteiger partial charge in [0.2, 0.25) is 5.91 Å².